The molecule has 0 amide bonds. The second-order valence-corrected chi connectivity index (χ2v) is 13.8. The van der Waals surface area contributed by atoms with Gasteiger partial charge >= 0.3 is 11.9 Å². The molecule has 292 valence electrons. The Morgan fingerprint density at radius 1 is 0.571 bits per heavy atom. The van der Waals surface area contributed by atoms with E-state index in [1.54, 1.807) is 6.20 Å². The molecule has 8 heteroatoms. The summed E-state index contributed by atoms with van der Waals surface area (Å²) in [6, 6.07) is 35.5. The molecule has 6 rings (SSSR count). The van der Waals surface area contributed by atoms with Crippen molar-refractivity contribution >= 4 is 24.3 Å². The van der Waals surface area contributed by atoms with E-state index in [4.69, 9.17) is 15.2 Å². The van der Waals surface area contributed by atoms with Crippen LogP contribution in [0.3, 0.4) is 0 Å². The quantitative estimate of drug-likeness (QED) is 0.124. The number of nitrogens with zero attached hydrogens (tertiary/aromatic N) is 2. The lowest BCUT2D eigenvalue weighted by Gasteiger charge is -2.14. The molecule has 0 aliphatic carbocycles. The van der Waals surface area contributed by atoms with E-state index in [2.05, 4.69) is 74.1 Å². The third-order valence-corrected chi connectivity index (χ3v) is 9.40. The molecule has 0 spiro atoms. The van der Waals surface area contributed by atoms with Gasteiger partial charge in [0.25, 0.3) is 0 Å². The van der Waals surface area contributed by atoms with Crippen molar-refractivity contribution in [2.45, 2.75) is 80.1 Å². The van der Waals surface area contributed by atoms with Crippen LogP contribution >= 0.6 is 12.4 Å². The largest absolute Gasteiger partial charge is 0.461 e. The zero-order valence-electron chi connectivity index (χ0n) is 32.2. The van der Waals surface area contributed by atoms with E-state index in [0.717, 1.165) is 38.9 Å². The van der Waals surface area contributed by atoms with Crippen LogP contribution in [-0.2, 0) is 32.3 Å². The topological polar surface area (TPSA) is 104 Å². The summed E-state index contributed by atoms with van der Waals surface area (Å²) >= 11 is 0. The molecule has 2 atom stereocenters. The molecule has 0 fully saturated rings. The van der Waals surface area contributed by atoms with Crippen molar-refractivity contribution in [1.82, 2.24) is 9.97 Å². The van der Waals surface area contributed by atoms with Gasteiger partial charge in [0.2, 0.25) is 0 Å². The number of esters is 2. The summed E-state index contributed by atoms with van der Waals surface area (Å²) in [4.78, 5) is 33.1. The number of carbonyl (C=O) groups is 2. The van der Waals surface area contributed by atoms with Gasteiger partial charge in [0.1, 0.15) is 13.2 Å². The summed E-state index contributed by atoms with van der Waals surface area (Å²) in [5.74, 6) is -0.460. The Balaban J connectivity index is 0.000000290. The molecule has 2 aromatic heterocycles. The van der Waals surface area contributed by atoms with Crippen molar-refractivity contribution in [3.63, 3.8) is 0 Å². The Hall–Kier alpha value is -5.63. The zero-order valence-corrected chi connectivity index (χ0v) is 33.0. The maximum absolute atomic E-state index is 12.2. The molecule has 0 bridgehead atoms. The van der Waals surface area contributed by atoms with Gasteiger partial charge in [-0.15, -0.1) is 12.4 Å². The smallest absolute Gasteiger partial charge is 0.308 e. The fourth-order valence-electron chi connectivity index (χ4n) is 6.46. The molecule has 2 heterocycles. The van der Waals surface area contributed by atoms with Crippen LogP contribution in [-0.4, -0.2) is 21.9 Å². The van der Waals surface area contributed by atoms with Crippen LogP contribution in [0.4, 0.5) is 0 Å². The summed E-state index contributed by atoms with van der Waals surface area (Å²) in [6.07, 6.45) is 7.73. The maximum atomic E-state index is 12.2. The van der Waals surface area contributed by atoms with Gasteiger partial charge in [-0.3, -0.25) is 19.6 Å². The van der Waals surface area contributed by atoms with Crippen LogP contribution in [0.5, 0.6) is 0 Å². The number of carbonyl (C=O) groups excluding carboxylic acids is 2. The van der Waals surface area contributed by atoms with E-state index in [-0.39, 0.29) is 50.7 Å². The standard InChI is InChI=1S/C24H25NO2.C23H24N2O2.CH4.ClH/c1-17-8-7-9-18(2)24(17)22-13-21(14-25-15-22)19(3)12-23(26)27-16-20-10-5-4-6-11-20;1-16-7-6-8-17(2)23(16)20-11-19(13-25-14-20)21(24)12-22(26)27-15-18-9-4-3-5-10-18;;/h4-11,13-15,19H,12,16H2,1-3H3;3-11,13-14,21H,12,15,24H2,1-2H3;1H4;1H/t19-;21-;;/m00../s1. The summed E-state index contributed by atoms with van der Waals surface area (Å²) in [5.41, 5.74) is 19.4. The molecule has 7 nitrogen and oxygen atoms in total. The van der Waals surface area contributed by atoms with Crippen molar-refractivity contribution in [2.75, 3.05) is 0 Å². The third kappa shape index (κ3) is 12.7. The highest BCUT2D eigenvalue weighted by molar-refractivity contribution is 5.85. The number of aryl methyl sites for hydroxylation is 4. The van der Waals surface area contributed by atoms with E-state index in [9.17, 15) is 9.59 Å². The number of rotatable bonds is 12. The number of pyridine rings is 2. The molecule has 0 aliphatic heterocycles. The van der Waals surface area contributed by atoms with Gasteiger partial charge in [0, 0.05) is 42.0 Å². The van der Waals surface area contributed by atoms with Crippen molar-refractivity contribution < 1.29 is 19.1 Å². The number of hydrogen-bond donors (Lipinski definition) is 1. The molecule has 0 aliphatic rings. The van der Waals surface area contributed by atoms with E-state index < -0.39 is 6.04 Å². The number of benzene rings is 4. The minimum Gasteiger partial charge on any atom is -0.461 e. The van der Waals surface area contributed by atoms with Crippen LogP contribution < -0.4 is 5.73 Å². The van der Waals surface area contributed by atoms with E-state index in [1.807, 2.05) is 98.3 Å². The molecule has 6 aromatic rings. The Labute approximate surface area is 338 Å². The Morgan fingerprint density at radius 3 is 1.41 bits per heavy atom. The molecule has 0 radical (unpaired) electrons. The number of halogens is 1. The lowest BCUT2D eigenvalue weighted by atomic mass is 9.93. The average molecular weight is 772 g/mol. The van der Waals surface area contributed by atoms with Gasteiger partial charge in [-0.2, -0.15) is 0 Å². The van der Waals surface area contributed by atoms with Crippen LogP contribution in [0.2, 0.25) is 0 Å². The number of nitrogens with two attached hydrogens (primary N) is 1. The molecular weight excluding hydrogens is 718 g/mol. The van der Waals surface area contributed by atoms with Crippen molar-refractivity contribution in [3.05, 3.63) is 178 Å². The van der Waals surface area contributed by atoms with E-state index in [1.165, 1.54) is 27.8 Å². The fourth-order valence-corrected chi connectivity index (χ4v) is 6.46. The molecule has 4 aromatic carbocycles. The minimum absolute atomic E-state index is 0. The maximum Gasteiger partial charge on any atom is 0.308 e. The first-order valence-electron chi connectivity index (χ1n) is 18.3. The van der Waals surface area contributed by atoms with Gasteiger partial charge in [0.05, 0.1) is 12.8 Å². The summed E-state index contributed by atoms with van der Waals surface area (Å²) in [5, 5.41) is 0. The highest BCUT2D eigenvalue weighted by Crippen LogP contribution is 2.31. The summed E-state index contributed by atoms with van der Waals surface area (Å²) in [7, 11) is 0. The van der Waals surface area contributed by atoms with E-state index in [0.29, 0.717) is 13.0 Å². The second kappa shape index (κ2) is 22.1. The fraction of sp³-hybridized carbons (Fsp3) is 0.250. The first kappa shape index (κ1) is 44.8. The molecule has 0 saturated carbocycles. The van der Waals surface area contributed by atoms with Crippen molar-refractivity contribution in [3.8, 4) is 22.3 Å². The lowest BCUT2D eigenvalue weighted by molar-refractivity contribution is -0.146. The van der Waals surface area contributed by atoms with Crippen LogP contribution in [0.15, 0.2) is 134 Å². The van der Waals surface area contributed by atoms with E-state index >= 15 is 0 Å². The summed E-state index contributed by atoms with van der Waals surface area (Å²) < 4.78 is 10.7. The minimum atomic E-state index is -0.454. The first-order chi connectivity index (χ1) is 26.1. The predicted octanol–water partition coefficient (Wildman–Crippen LogP) is 11.2. The third-order valence-electron chi connectivity index (χ3n) is 9.40. The second-order valence-electron chi connectivity index (χ2n) is 13.8. The van der Waals surface area contributed by atoms with Gasteiger partial charge in [-0.05, 0) is 101 Å². The highest BCUT2D eigenvalue weighted by atomic mass is 35.5. The van der Waals surface area contributed by atoms with Crippen LogP contribution in [0, 0.1) is 27.7 Å². The first-order valence-corrected chi connectivity index (χ1v) is 18.3. The average Bonchev–Trinajstić information content (AvgIpc) is 3.17. The monoisotopic (exact) mass is 771 g/mol. The van der Waals surface area contributed by atoms with Gasteiger partial charge in [-0.1, -0.05) is 111 Å². The van der Waals surface area contributed by atoms with Crippen molar-refractivity contribution in [2.24, 2.45) is 5.73 Å². The van der Waals surface area contributed by atoms with Crippen molar-refractivity contribution in [1.29, 1.82) is 0 Å². The Kier molecular flexibility index (Phi) is 17.6. The number of ether oxygens (including phenoxy) is 2. The zero-order chi connectivity index (χ0) is 38.5. The summed E-state index contributed by atoms with van der Waals surface area (Å²) in [6.45, 7) is 11.0. The lowest BCUT2D eigenvalue weighted by Crippen LogP contribution is -2.17. The van der Waals surface area contributed by atoms with Gasteiger partial charge in [0.15, 0.2) is 0 Å². The highest BCUT2D eigenvalue weighted by Gasteiger charge is 2.17. The SMILES string of the molecule is C.Cc1cccc(C)c1-c1cncc([C@@H](C)CC(=O)OCc2ccccc2)c1.Cc1cccc(C)c1-c1cncc([C@@H](N)CC(=O)OCc2ccccc2)c1.Cl. The number of hydrogen-bond acceptors (Lipinski definition) is 7. The normalized spacial score (nSPS) is 11.4. The molecular formula is C48H54ClN3O4. The van der Waals surface area contributed by atoms with Gasteiger partial charge < -0.3 is 15.2 Å². The Morgan fingerprint density at radius 2 is 0.964 bits per heavy atom. The number of aromatic nitrogens is 2. The molecule has 0 saturated heterocycles. The van der Waals surface area contributed by atoms with Crippen LogP contribution in [0.25, 0.3) is 22.3 Å². The van der Waals surface area contributed by atoms with Gasteiger partial charge in [-0.25, -0.2) is 0 Å². The molecule has 56 heavy (non-hydrogen) atoms. The predicted molar refractivity (Wildman–Crippen MR) is 229 cm³/mol. The molecule has 2 N–H and O–H groups in total. The van der Waals surface area contributed by atoms with Crippen LogP contribution in [0.1, 0.15) is 83.7 Å². The molecule has 0 unspecified atom stereocenters. The Bertz CT molecular complexity index is 1960.